The van der Waals surface area contributed by atoms with Gasteiger partial charge in [0, 0.05) is 6.54 Å². The third kappa shape index (κ3) is 3.70. The molecule has 0 aliphatic carbocycles. The highest BCUT2D eigenvalue weighted by atomic mass is 16.6. The van der Waals surface area contributed by atoms with E-state index in [4.69, 9.17) is 9.47 Å². The predicted molar refractivity (Wildman–Crippen MR) is 72.8 cm³/mol. The van der Waals surface area contributed by atoms with Crippen molar-refractivity contribution >= 4 is 6.09 Å². The number of piperidine rings is 1. The molecule has 0 saturated carbocycles. The molecule has 1 aromatic rings. The maximum Gasteiger partial charge on any atom is 0.410 e. The molecule has 2 saturated heterocycles. The highest BCUT2D eigenvalue weighted by Gasteiger charge is 2.44. The molecule has 2 atom stereocenters. The topological polar surface area (TPSA) is 42.1 Å². The molecule has 4 nitrogen and oxygen atoms in total. The average molecular weight is 263 g/mol. The highest BCUT2D eigenvalue weighted by Crippen LogP contribution is 2.30. The number of carbonyl (C=O) groups is 1. The van der Waals surface area contributed by atoms with Crippen LogP contribution in [0.1, 0.15) is 25.8 Å². The van der Waals surface area contributed by atoms with E-state index in [-0.39, 0.29) is 12.2 Å². The summed E-state index contributed by atoms with van der Waals surface area (Å²) in [4.78, 5) is 13.5. The average Bonchev–Trinajstić information content (AvgIpc) is 3.26. The second-order valence-electron chi connectivity index (χ2n) is 4.49. The molecule has 0 radical (unpaired) electrons. The number of hydrogen-bond acceptors (Lipinski definition) is 3. The number of benzene rings is 1. The fourth-order valence-electron chi connectivity index (χ4n) is 2.16. The van der Waals surface area contributed by atoms with Crippen LogP contribution in [0, 0.1) is 0 Å². The van der Waals surface area contributed by atoms with Crippen molar-refractivity contribution in [2.45, 2.75) is 39.1 Å². The highest BCUT2D eigenvalue weighted by molar-refractivity contribution is 5.68. The van der Waals surface area contributed by atoms with Gasteiger partial charge in [-0.2, -0.15) is 0 Å². The van der Waals surface area contributed by atoms with Crippen LogP contribution in [-0.4, -0.2) is 36.3 Å². The standard InChI is InChI=1S/C13H15NO3.C2H6/c15-13(14-7-6-11-12(8-14)17-11)16-9-10-4-2-1-3-5-10;1-2/h1-5,11-12H,6-9H2;1-2H3. The minimum atomic E-state index is -0.234. The third-order valence-electron chi connectivity index (χ3n) is 3.23. The summed E-state index contributed by atoms with van der Waals surface area (Å²) in [5.74, 6) is 0. The molecule has 19 heavy (non-hydrogen) atoms. The summed E-state index contributed by atoms with van der Waals surface area (Å²) in [5.41, 5.74) is 1.01. The molecule has 1 amide bonds. The minimum Gasteiger partial charge on any atom is -0.445 e. The number of epoxide rings is 1. The number of fused-ring (bicyclic) bond motifs is 1. The monoisotopic (exact) mass is 263 g/mol. The van der Waals surface area contributed by atoms with Gasteiger partial charge in [-0.3, -0.25) is 0 Å². The number of likely N-dealkylation sites (tertiary alicyclic amines) is 1. The van der Waals surface area contributed by atoms with Crippen molar-refractivity contribution in [2.75, 3.05) is 13.1 Å². The first-order chi connectivity index (χ1) is 9.33. The molecule has 0 spiro atoms. The Morgan fingerprint density at radius 1 is 1.32 bits per heavy atom. The third-order valence-corrected chi connectivity index (χ3v) is 3.23. The van der Waals surface area contributed by atoms with E-state index in [1.54, 1.807) is 4.90 Å². The van der Waals surface area contributed by atoms with Gasteiger partial charge in [0.05, 0.1) is 12.6 Å². The number of amides is 1. The lowest BCUT2D eigenvalue weighted by Crippen LogP contribution is -2.39. The van der Waals surface area contributed by atoms with Crippen molar-refractivity contribution in [3.8, 4) is 0 Å². The largest absolute Gasteiger partial charge is 0.445 e. The summed E-state index contributed by atoms with van der Waals surface area (Å²) in [6.07, 6.45) is 1.36. The van der Waals surface area contributed by atoms with Crippen molar-refractivity contribution in [1.29, 1.82) is 0 Å². The van der Waals surface area contributed by atoms with Crippen molar-refractivity contribution in [1.82, 2.24) is 4.90 Å². The molecule has 2 aliphatic rings. The van der Waals surface area contributed by atoms with Gasteiger partial charge in [0.25, 0.3) is 0 Å². The summed E-state index contributed by atoms with van der Waals surface area (Å²) in [7, 11) is 0. The molecule has 3 rings (SSSR count). The van der Waals surface area contributed by atoms with Crippen LogP contribution < -0.4 is 0 Å². The van der Waals surface area contributed by atoms with Gasteiger partial charge in [-0.1, -0.05) is 44.2 Å². The molecule has 2 heterocycles. The van der Waals surface area contributed by atoms with E-state index in [0.717, 1.165) is 18.5 Å². The quantitative estimate of drug-likeness (QED) is 0.770. The fourth-order valence-corrected chi connectivity index (χ4v) is 2.16. The normalized spacial score (nSPS) is 23.8. The number of nitrogens with zero attached hydrogens (tertiary/aromatic N) is 1. The zero-order valence-electron chi connectivity index (χ0n) is 11.5. The summed E-state index contributed by atoms with van der Waals surface area (Å²) in [5, 5.41) is 0. The first-order valence-electron chi connectivity index (χ1n) is 6.94. The van der Waals surface area contributed by atoms with Crippen LogP contribution in [0.5, 0.6) is 0 Å². The second kappa shape index (κ2) is 6.57. The smallest absolute Gasteiger partial charge is 0.410 e. The molecular formula is C15H21NO3. The van der Waals surface area contributed by atoms with E-state index in [9.17, 15) is 4.79 Å². The zero-order valence-corrected chi connectivity index (χ0v) is 11.5. The zero-order chi connectivity index (χ0) is 13.7. The molecule has 0 bridgehead atoms. The van der Waals surface area contributed by atoms with Gasteiger partial charge in [-0.15, -0.1) is 0 Å². The van der Waals surface area contributed by atoms with E-state index in [0.29, 0.717) is 19.3 Å². The Labute approximate surface area is 114 Å². The molecule has 2 fully saturated rings. The maximum absolute atomic E-state index is 11.8. The Kier molecular flexibility index (Phi) is 4.80. The summed E-state index contributed by atoms with van der Waals surface area (Å²) < 4.78 is 10.6. The summed E-state index contributed by atoms with van der Waals surface area (Å²) in [6, 6.07) is 9.72. The minimum absolute atomic E-state index is 0.234. The van der Waals surface area contributed by atoms with Crippen molar-refractivity contribution in [2.24, 2.45) is 0 Å². The van der Waals surface area contributed by atoms with E-state index in [1.807, 2.05) is 44.2 Å². The molecular weight excluding hydrogens is 242 g/mol. The molecule has 0 N–H and O–H groups in total. The number of ether oxygens (including phenoxy) is 2. The Morgan fingerprint density at radius 3 is 2.74 bits per heavy atom. The molecule has 4 heteroatoms. The molecule has 0 aromatic heterocycles. The van der Waals surface area contributed by atoms with Crippen LogP contribution in [-0.2, 0) is 16.1 Å². The van der Waals surface area contributed by atoms with Crippen LogP contribution in [0.25, 0.3) is 0 Å². The molecule has 1 aromatic carbocycles. The van der Waals surface area contributed by atoms with E-state index in [1.165, 1.54) is 0 Å². The van der Waals surface area contributed by atoms with Crippen molar-refractivity contribution < 1.29 is 14.3 Å². The van der Waals surface area contributed by atoms with Gasteiger partial charge in [0.15, 0.2) is 0 Å². The Bertz CT molecular complexity index is 407. The summed E-state index contributed by atoms with van der Waals surface area (Å²) >= 11 is 0. The van der Waals surface area contributed by atoms with Gasteiger partial charge in [0.2, 0.25) is 0 Å². The second-order valence-corrected chi connectivity index (χ2v) is 4.49. The van der Waals surface area contributed by atoms with Crippen LogP contribution in [0.15, 0.2) is 30.3 Å². The van der Waals surface area contributed by atoms with E-state index >= 15 is 0 Å². The Hall–Kier alpha value is -1.55. The van der Waals surface area contributed by atoms with Gasteiger partial charge in [-0.25, -0.2) is 4.79 Å². The van der Waals surface area contributed by atoms with Gasteiger partial charge in [0.1, 0.15) is 12.7 Å². The Balaban J connectivity index is 0.000000637. The van der Waals surface area contributed by atoms with Crippen molar-refractivity contribution in [3.05, 3.63) is 35.9 Å². The van der Waals surface area contributed by atoms with Gasteiger partial charge in [-0.05, 0) is 12.0 Å². The predicted octanol–water partition coefficient (Wildman–Crippen LogP) is 2.82. The molecule has 2 aliphatic heterocycles. The Morgan fingerprint density at radius 2 is 2.05 bits per heavy atom. The number of carbonyl (C=O) groups excluding carboxylic acids is 1. The molecule has 2 unspecified atom stereocenters. The first-order valence-corrected chi connectivity index (χ1v) is 6.94. The lowest BCUT2D eigenvalue weighted by Gasteiger charge is -2.23. The van der Waals surface area contributed by atoms with E-state index < -0.39 is 0 Å². The number of hydrogen-bond donors (Lipinski definition) is 0. The number of rotatable bonds is 2. The fraction of sp³-hybridized carbons (Fsp3) is 0.533. The maximum atomic E-state index is 11.8. The van der Waals surface area contributed by atoms with Crippen LogP contribution >= 0.6 is 0 Å². The van der Waals surface area contributed by atoms with Crippen LogP contribution in [0.3, 0.4) is 0 Å². The van der Waals surface area contributed by atoms with Crippen LogP contribution in [0.4, 0.5) is 4.79 Å². The molecule has 104 valence electrons. The first kappa shape index (κ1) is 13.9. The summed E-state index contributed by atoms with van der Waals surface area (Å²) in [6.45, 7) is 5.76. The van der Waals surface area contributed by atoms with Gasteiger partial charge < -0.3 is 14.4 Å². The van der Waals surface area contributed by atoms with Crippen LogP contribution in [0.2, 0.25) is 0 Å². The van der Waals surface area contributed by atoms with Crippen molar-refractivity contribution in [3.63, 3.8) is 0 Å². The SMILES string of the molecule is CC.O=C(OCc1ccccc1)N1CCC2OC2C1. The lowest BCUT2D eigenvalue weighted by atomic mass is 10.1. The lowest BCUT2D eigenvalue weighted by molar-refractivity contribution is 0.0921. The van der Waals surface area contributed by atoms with E-state index in [2.05, 4.69) is 0 Å². The van der Waals surface area contributed by atoms with Gasteiger partial charge >= 0.3 is 6.09 Å².